The number of carbonyl (C=O) groups is 2. The molecule has 0 aliphatic carbocycles. The fourth-order valence-corrected chi connectivity index (χ4v) is 1.47. The van der Waals surface area contributed by atoms with Gasteiger partial charge in [-0.3, -0.25) is 4.79 Å². The van der Waals surface area contributed by atoms with Crippen molar-refractivity contribution in [3.05, 3.63) is 29.6 Å². The quantitative estimate of drug-likeness (QED) is 0.741. The molecule has 1 aromatic rings. The van der Waals surface area contributed by atoms with E-state index in [1.54, 1.807) is 0 Å². The van der Waals surface area contributed by atoms with Crippen molar-refractivity contribution in [2.24, 2.45) is 11.7 Å². The molecule has 6 heteroatoms. The molecule has 1 amide bonds. The van der Waals surface area contributed by atoms with Crippen LogP contribution in [0.25, 0.3) is 0 Å². The first-order valence-electron chi connectivity index (χ1n) is 5.53. The summed E-state index contributed by atoms with van der Waals surface area (Å²) >= 11 is 0. The number of halogens is 1. The Kier molecular flexibility index (Phi) is 4.79. The molecule has 5 nitrogen and oxygen atoms in total. The predicted molar refractivity (Wildman–Crippen MR) is 64.8 cm³/mol. The summed E-state index contributed by atoms with van der Waals surface area (Å²) in [6, 6.07) is 3.43. The third kappa shape index (κ3) is 3.27. The number of hydrogen-bond acceptors (Lipinski definition) is 3. The van der Waals surface area contributed by atoms with Crippen LogP contribution in [0.3, 0.4) is 0 Å². The van der Waals surface area contributed by atoms with Crippen LogP contribution in [0.4, 0.5) is 10.1 Å². The van der Waals surface area contributed by atoms with Crippen molar-refractivity contribution in [1.29, 1.82) is 0 Å². The number of carboxylic acids is 1. The van der Waals surface area contributed by atoms with Crippen molar-refractivity contribution in [3.63, 3.8) is 0 Å². The molecule has 1 aromatic carbocycles. The van der Waals surface area contributed by atoms with Crippen LogP contribution in [0.1, 0.15) is 23.7 Å². The summed E-state index contributed by atoms with van der Waals surface area (Å²) in [7, 11) is 0. The van der Waals surface area contributed by atoms with Gasteiger partial charge in [-0.15, -0.1) is 0 Å². The van der Waals surface area contributed by atoms with E-state index in [0.29, 0.717) is 6.42 Å². The molecular weight excluding hydrogens is 239 g/mol. The molecule has 1 atom stereocenters. The molecule has 0 spiro atoms. The van der Waals surface area contributed by atoms with Crippen LogP contribution < -0.4 is 11.1 Å². The second kappa shape index (κ2) is 6.11. The molecule has 0 fully saturated rings. The molecule has 0 aliphatic heterocycles. The lowest BCUT2D eigenvalue weighted by Gasteiger charge is -2.12. The SMILES string of the molecule is CCC(CN)C(=O)Nc1ccc(C(=O)O)c(F)c1. The molecule has 0 aromatic heterocycles. The summed E-state index contributed by atoms with van der Waals surface area (Å²) in [6.45, 7) is 2.03. The molecular formula is C12H15FN2O3. The van der Waals surface area contributed by atoms with E-state index in [0.717, 1.165) is 12.1 Å². The highest BCUT2D eigenvalue weighted by Gasteiger charge is 2.16. The van der Waals surface area contributed by atoms with E-state index in [-0.39, 0.29) is 24.1 Å². The lowest BCUT2D eigenvalue weighted by Crippen LogP contribution is -2.28. The summed E-state index contributed by atoms with van der Waals surface area (Å²) in [5.41, 5.74) is 5.20. The molecule has 0 heterocycles. The van der Waals surface area contributed by atoms with E-state index in [2.05, 4.69) is 5.32 Å². The average Bonchev–Trinajstić information content (AvgIpc) is 2.30. The number of nitrogens with one attached hydrogen (secondary N) is 1. The van der Waals surface area contributed by atoms with Gasteiger partial charge in [-0.25, -0.2) is 9.18 Å². The smallest absolute Gasteiger partial charge is 0.338 e. The number of aromatic carboxylic acids is 1. The van der Waals surface area contributed by atoms with Gasteiger partial charge in [-0.05, 0) is 24.6 Å². The highest BCUT2D eigenvalue weighted by molar-refractivity contribution is 5.94. The minimum absolute atomic E-state index is 0.206. The van der Waals surface area contributed by atoms with Crippen LogP contribution in [0.15, 0.2) is 18.2 Å². The van der Waals surface area contributed by atoms with Crippen molar-refractivity contribution < 1.29 is 19.1 Å². The zero-order chi connectivity index (χ0) is 13.7. The average molecular weight is 254 g/mol. The molecule has 1 rings (SSSR count). The van der Waals surface area contributed by atoms with Gasteiger partial charge in [0.15, 0.2) is 0 Å². The van der Waals surface area contributed by atoms with Crippen molar-refractivity contribution >= 4 is 17.6 Å². The Morgan fingerprint density at radius 3 is 2.61 bits per heavy atom. The molecule has 0 bridgehead atoms. The Hall–Kier alpha value is -1.95. The molecule has 0 saturated heterocycles. The number of rotatable bonds is 5. The summed E-state index contributed by atoms with van der Waals surface area (Å²) in [5.74, 6) is -2.88. The molecule has 0 aliphatic rings. The van der Waals surface area contributed by atoms with Crippen molar-refractivity contribution in [1.82, 2.24) is 0 Å². The van der Waals surface area contributed by atoms with E-state index >= 15 is 0 Å². The fraction of sp³-hybridized carbons (Fsp3) is 0.333. The molecule has 1 unspecified atom stereocenters. The van der Waals surface area contributed by atoms with Gasteiger partial charge >= 0.3 is 5.97 Å². The number of anilines is 1. The summed E-state index contributed by atoms with van der Waals surface area (Å²) in [6.07, 6.45) is 0.581. The maximum Gasteiger partial charge on any atom is 0.338 e. The highest BCUT2D eigenvalue weighted by Crippen LogP contribution is 2.16. The summed E-state index contributed by atoms with van der Waals surface area (Å²) in [4.78, 5) is 22.3. The largest absolute Gasteiger partial charge is 0.478 e. The number of nitrogens with two attached hydrogens (primary N) is 1. The Bertz CT molecular complexity index is 459. The number of hydrogen-bond donors (Lipinski definition) is 3. The highest BCUT2D eigenvalue weighted by atomic mass is 19.1. The topological polar surface area (TPSA) is 92.4 Å². The minimum Gasteiger partial charge on any atom is -0.478 e. The van der Waals surface area contributed by atoms with Gasteiger partial charge in [0, 0.05) is 12.2 Å². The van der Waals surface area contributed by atoms with Crippen LogP contribution in [0.2, 0.25) is 0 Å². The Morgan fingerprint density at radius 2 is 2.17 bits per heavy atom. The monoisotopic (exact) mass is 254 g/mol. The van der Waals surface area contributed by atoms with Crippen molar-refractivity contribution in [3.8, 4) is 0 Å². The van der Waals surface area contributed by atoms with Crippen LogP contribution in [-0.2, 0) is 4.79 Å². The van der Waals surface area contributed by atoms with Gasteiger partial charge in [-0.1, -0.05) is 6.92 Å². The lowest BCUT2D eigenvalue weighted by molar-refractivity contribution is -0.119. The molecule has 4 N–H and O–H groups in total. The van der Waals surface area contributed by atoms with Gasteiger partial charge < -0.3 is 16.2 Å². The van der Waals surface area contributed by atoms with Crippen LogP contribution >= 0.6 is 0 Å². The van der Waals surface area contributed by atoms with Gasteiger partial charge in [0.1, 0.15) is 5.82 Å². The van der Waals surface area contributed by atoms with Crippen LogP contribution in [0, 0.1) is 11.7 Å². The normalized spacial score (nSPS) is 11.9. The minimum atomic E-state index is -1.35. The zero-order valence-electron chi connectivity index (χ0n) is 9.94. The van der Waals surface area contributed by atoms with E-state index in [1.807, 2.05) is 6.92 Å². The molecule has 0 saturated carbocycles. The maximum atomic E-state index is 13.4. The number of amides is 1. The van der Waals surface area contributed by atoms with E-state index in [1.165, 1.54) is 6.07 Å². The van der Waals surface area contributed by atoms with Crippen LogP contribution in [-0.4, -0.2) is 23.5 Å². The lowest BCUT2D eigenvalue weighted by atomic mass is 10.1. The summed E-state index contributed by atoms with van der Waals surface area (Å²) < 4.78 is 13.4. The number of carboxylic acid groups (broad SMARTS) is 1. The molecule has 18 heavy (non-hydrogen) atoms. The van der Waals surface area contributed by atoms with Gasteiger partial charge in [0.05, 0.1) is 11.5 Å². The van der Waals surface area contributed by atoms with E-state index < -0.39 is 17.3 Å². The Morgan fingerprint density at radius 1 is 1.50 bits per heavy atom. The third-order valence-corrected chi connectivity index (χ3v) is 2.62. The summed E-state index contributed by atoms with van der Waals surface area (Å²) in [5, 5.41) is 11.2. The predicted octanol–water partition coefficient (Wildman–Crippen LogP) is 1.45. The second-order valence-electron chi connectivity index (χ2n) is 3.83. The first-order chi connectivity index (χ1) is 8.49. The van der Waals surface area contributed by atoms with E-state index in [4.69, 9.17) is 10.8 Å². The molecule has 0 radical (unpaired) electrons. The number of carbonyl (C=O) groups excluding carboxylic acids is 1. The van der Waals surface area contributed by atoms with Gasteiger partial charge in [0.25, 0.3) is 0 Å². The van der Waals surface area contributed by atoms with Gasteiger partial charge in [-0.2, -0.15) is 0 Å². The third-order valence-electron chi connectivity index (χ3n) is 2.62. The maximum absolute atomic E-state index is 13.4. The van der Waals surface area contributed by atoms with Gasteiger partial charge in [0.2, 0.25) is 5.91 Å². The Labute approximate surface area is 104 Å². The number of benzene rings is 1. The van der Waals surface area contributed by atoms with Crippen LogP contribution in [0.5, 0.6) is 0 Å². The molecule has 98 valence electrons. The van der Waals surface area contributed by atoms with Crippen molar-refractivity contribution in [2.45, 2.75) is 13.3 Å². The fourth-order valence-electron chi connectivity index (χ4n) is 1.47. The first-order valence-corrected chi connectivity index (χ1v) is 5.53. The second-order valence-corrected chi connectivity index (χ2v) is 3.83. The van der Waals surface area contributed by atoms with Crippen molar-refractivity contribution in [2.75, 3.05) is 11.9 Å². The Balaban J connectivity index is 2.83. The van der Waals surface area contributed by atoms with E-state index in [9.17, 15) is 14.0 Å². The standard InChI is InChI=1S/C12H15FN2O3/c1-2-7(6-14)11(16)15-8-3-4-9(12(17)18)10(13)5-8/h3-5,7H,2,6,14H2,1H3,(H,15,16)(H,17,18). The first kappa shape index (κ1) is 14.1. The zero-order valence-corrected chi connectivity index (χ0v) is 9.94.